The molecule has 1 fully saturated rings. The van der Waals surface area contributed by atoms with Crippen LogP contribution in [0.15, 0.2) is 18.2 Å². The summed E-state index contributed by atoms with van der Waals surface area (Å²) in [5, 5.41) is 13.5. The van der Waals surface area contributed by atoms with Gasteiger partial charge in [-0.25, -0.2) is 0 Å². The number of rotatable bonds is 3. The number of hydrogen-bond acceptors (Lipinski definition) is 3. The maximum atomic E-state index is 12.1. The van der Waals surface area contributed by atoms with Gasteiger partial charge >= 0.3 is 0 Å². The van der Waals surface area contributed by atoms with E-state index in [1.807, 2.05) is 0 Å². The summed E-state index contributed by atoms with van der Waals surface area (Å²) >= 11 is 6.00. The van der Waals surface area contributed by atoms with Gasteiger partial charge in [-0.1, -0.05) is 24.6 Å². The van der Waals surface area contributed by atoms with Crippen LogP contribution in [-0.2, 0) is 0 Å². The van der Waals surface area contributed by atoms with Gasteiger partial charge in [0.15, 0.2) is 0 Å². The number of hydrogen-bond donors (Lipinski definition) is 3. The lowest BCUT2D eigenvalue weighted by atomic mass is 9.79. The number of benzene rings is 1. The second kappa shape index (κ2) is 6.02. The van der Waals surface area contributed by atoms with Crippen LogP contribution in [0.2, 0.25) is 5.02 Å². The van der Waals surface area contributed by atoms with E-state index in [9.17, 15) is 9.90 Å². The van der Waals surface area contributed by atoms with Crippen LogP contribution in [0, 0.1) is 5.92 Å². The van der Waals surface area contributed by atoms with Gasteiger partial charge in [0.2, 0.25) is 0 Å². The molecule has 1 aliphatic rings. The Morgan fingerprint density at radius 1 is 1.50 bits per heavy atom. The Morgan fingerprint density at radius 3 is 2.75 bits per heavy atom. The molecule has 1 saturated carbocycles. The average molecular weight is 297 g/mol. The molecule has 0 radical (unpaired) electrons. The number of nitrogen functional groups attached to an aromatic ring is 1. The number of nitrogens with one attached hydrogen (secondary N) is 1. The van der Waals surface area contributed by atoms with Crippen molar-refractivity contribution in [3.05, 3.63) is 28.8 Å². The van der Waals surface area contributed by atoms with Gasteiger partial charge in [-0.2, -0.15) is 0 Å². The lowest BCUT2D eigenvalue weighted by Crippen LogP contribution is -2.45. The second-order valence-corrected chi connectivity index (χ2v) is 6.20. The van der Waals surface area contributed by atoms with Gasteiger partial charge in [0.1, 0.15) is 0 Å². The fourth-order valence-electron chi connectivity index (χ4n) is 2.59. The van der Waals surface area contributed by atoms with E-state index in [0.29, 0.717) is 29.5 Å². The molecule has 0 spiro atoms. The molecular formula is C15H21ClN2O2. The molecular weight excluding hydrogens is 276 g/mol. The van der Waals surface area contributed by atoms with E-state index in [-0.39, 0.29) is 18.0 Å². The van der Waals surface area contributed by atoms with Gasteiger partial charge in [0, 0.05) is 12.2 Å². The predicted octanol–water partition coefficient (Wildman–Crippen LogP) is 2.59. The van der Waals surface area contributed by atoms with E-state index in [1.54, 1.807) is 18.2 Å². The fraction of sp³-hybridized carbons (Fsp3) is 0.533. The second-order valence-electron chi connectivity index (χ2n) is 5.79. The van der Waals surface area contributed by atoms with Gasteiger partial charge in [-0.3, -0.25) is 4.79 Å². The van der Waals surface area contributed by atoms with E-state index < -0.39 is 5.60 Å². The maximum Gasteiger partial charge on any atom is 0.254 e. The molecule has 1 aromatic rings. The van der Waals surface area contributed by atoms with E-state index >= 15 is 0 Å². The van der Waals surface area contributed by atoms with Gasteiger partial charge in [0.25, 0.3) is 5.91 Å². The topological polar surface area (TPSA) is 75.3 Å². The molecule has 0 heterocycles. The summed E-state index contributed by atoms with van der Waals surface area (Å²) < 4.78 is 0. The summed E-state index contributed by atoms with van der Waals surface area (Å²) in [7, 11) is 0. The number of amides is 1. The Bertz CT molecular complexity index is 476. The third-order valence-electron chi connectivity index (χ3n) is 4.06. The fourth-order valence-corrected chi connectivity index (χ4v) is 2.86. The summed E-state index contributed by atoms with van der Waals surface area (Å²) in [6.07, 6.45) is 3.40. The number of aliphatic hydroxyl groups is 1. The molecule has 0 unspecified atom stereocenters. The van der Waals surface area contributed by atoms with Crippen LogP contribution in [0.4, 0.5) is 5.69 Å². The lowest BCUT2D eigenvalue weighted by Gasteiger charge is -2.35. The van der Waals surface area contributed by atoms with E-state index in [1.165, 1.54) is 0 Å². The van der Waals surface area contributed by atoms with Crippen molar-refractivity contribution in [2.24, 2.45) is 5.92 Å². The van der Waals surface area contributed by atoms with Crippen LogP contribution in [0.5, 0.6) is 0 Å². The Morgan fingerprint density at radius 2 is 2.15 bits per heavy atom. The minimum Gasteiger partial charge on any atom is -0.398 e. The Labute approximate surface area is 124 Å². The van der Waals surface area contributed by atoms with Crippen molar-refractivity contribution < 1.29 is 9.90 Å². The molecule has 1 aromatic carbocycles. The first-order valence-electron chi connectivity index (χ1n) is 6.96. The lowest BCUT2D eigenvalue weighted by molar-refractivity contribution is -0.00539. The molecule has 1 amide bonds. The third-order valence-corrected chi connectivity index (χ3v) is 4.37. The smallest absolute Gasteiger partial charge is 0.254 e. The van der Waals surface area contributed by atoms with Crippen molar-refractivity contribution in [3.8, 4) is 0 Å². The van der Waals surface area contributed by atoms with Crippen molar-refractivity contribution in [3.63, 3.8) is 0 Å². The highest BCUT2D eigenvalue weighted by Crippen LogP contribution is 2.31. The zero-order chi connectivity index (χ0) is 14.8. The molecule has 0 atom stereocenters. The van der Waals surface area contributed by atoms with Crippen LogP contribution >= 0.6 is 11.6 Å². The summed E-state index contributed by atoms with van der Waals surface area (Å²) in [6.45, 7) is 2.42. The molecule has 0 aromatic heterocycles. The number of nitrogens with two attached hydrogens (primary N) is 1. The predicted molar refractivity (Wildman–Crippen MR) is 80.8 cm³/mol. The summed E-state index contributed by atoms with van der Waals surface area (Å²) in [5.41, 5.74) is 5.59. The van der Waals surface area contributed by atoms with E-state index in [0.717, 1.165) is 12.8 Å². The van der Waals surface area contributed by atoms with Crippen LogP contribution < -0.4 is 11.1 Å². The number of anilines is 1. The van der Waals surface area contributed by atoms with E-state index in [4.69, 9.17) is 17.3 Å². The first-order valence-corrected chi connectivity index (χ1v) is 7.34. The summed E-state index contributed by atoms with van der Waals surface area (Å²) in [5.74, 6) is 0.310. The highest BCUT2D eigenvalue weighted by molar-refractivity contribution is 6.34. The molecule has 1 aliphatic carbocycles. The van der Waals surface area contributed by atoms with Crippen molar-refractivity contribution in [1.82, 2.24) is 5.32 Å². The molecule has 4 N–H and O–H groups in total. The van der Waals surface area contributed by atoms with Gasteiger partial charge in [-0.05, 0) is 43.7 Å². The number of halogens is 1. The minimum atomic E-state index is -0.807. The summed E-state index contributed by atoms with van der Waals surface area (Å²) in [6, 6.07) is 4.96. The molecule has 5 heteroatoms. The largest absolute Gasteiger partial charge is 0.398 e. The van der Waals surface area contributed by atoms with Crippen molar-refractivity contribution in [1.29, 1.82) is 0 Å². The monoisotopic (exact) mass is 296 g/mol. The molecule has 0 bridgehead atoms. The van der Waals surface area contributed by atoms with Crippen LogP contribution in [0.3, 0.4) is 0 Å². The molecule has 110 valence electrons. The van der Waals surface area contributed by atoms with Gasteiger partial charge < -0.3 is 16.2 Å². The SMILES string of the molecule is CC1CCC(O)(CNC(=O)c2c(N)cccc2Cl)CC1. The molecule has 20 heavy (non-hydrogen) atoms. The number of carbonyl (C=O) groups is 1. The average Bonchev–Trinajstić information content (AvgIpc) is 2.40. The highest BCUT2D eigenvalue weighted by atomic mass is 35.5. The zero-order valence-electron chi connectivity index (χ0n) is 11.7. The van der Waals surface area contributed by atoms with Crippen LogP contribution in [-0.4, -0.2) is 23.2 Å². The molecule has 2 rings (SSSR count). The summed E-state index contributed by atoms with van der Waals surface area (Å²) in [4.78, 5) is 12.1. The zero-order valence-corrected chi connectivity index (χ0v) is 12.4. The quantitative estimate of drug-likeness (QED) is 0.751. The van der Waals surface area contributed by atoms with E-state index in [2.05, 4.69) is 12.2 Å². The van der Waals surface area contributed by atoms with Crippen molar-refractivity contribution in [2.75, 3.05) is 12.3 Å². The molecule has 0 saturated heterocycles. The van der Waals surface area contributed by atoms with Gasteiger partial charge in [0.05, 0.1) is 16.2 Å². The van der Waals surface area contributed by atoms with Crippen LogP contribution in [0.1, 0.15) is 43.0 Å². The highest BCUT2D eigenvalue weighted by Gasteiger charge is 2.32. The minimum absolute atomic E-state index is 0.239. The Balaban J connectivity index is 1.99. The normalized spacial score (nSPS) is 26.2. The van der Waals surface area contributed by atoms with Crippen molar-refractivity contribution >= 4 is 23.2 Å². The van der Waals surface area contributed by atoms with Crippen molar-refractivity contribution in [2.45, 2.75) is 38.2 Å². The first-order chi connectivity index (χ1) is 9.41. The Kier molecular flexibility index (Phi) is 4.55. The molecule has 4 nitrogen and oxygen atoms in total. The molecule has 0 aliphatic heterocycles. The third kappa shape index (κ3) is 3.44. The first kappa shape index (κ1) is 15.1. The van der Waals surface area contributed by atoms with Crippen LogP contribution in [0.25, 0.3) is 0 Å². The standard InChI is InChI=1S/C15H21ClN2O2/c1-10-5-7-15(20,8-6-10)9-18-14(19)13-11(16)3-2-4-12(13)17/h2-4,10,20H,5-9,17H2,1H3,(H,18,19). The maximum absolute atomic E-state index is 12.1. The van der Waals surface area contributed by atoms with Gasteiger partial charge in [-0.15, -0.1) is 0 Å². The Hall–Kier alpha value is -1.26. The number of carbonyl (C=O) groups excluding carboxylic acids is 1.